The molecule has 1 heterocycles. The number of hydrogen-bond donors (Lipinski definition) is 1. The monoisotopic (exact) mass is 442 g/mol. The lowest BCUT2D eigenvalue weighted by Crippen LogP contribution is -2.25. The molecule has 0 bridgehead atoms. The van der Waals surface area contributed by atoms with E-state index in [0.717, 1.165) is 24.2 Å². The van der Waals surface area contributed by atoms with Crippen molar-refractivity contribution < 1.29 is 13.2 Å². The molecule has 8 heteroatoms. The minimum atomic E-state index is -3.52. The number of hydrogen-bond acceptors (Lipinski definition) is 4. The first-order chi connectivity index (χ1) is 14.8. The molecule has 0 aliphatic rings. The van der Waals surface area contributed by atoms with Crippen molar-refractivity contribution in [3.8, 4) is 0 Å². The number of amides is 1. The third-order valence-corrected chi connectivity index (χ3v) is 7.09. The van der Waals surface area contributed by atoms with E-state index in [0.29, 0.717) is 31.4 Å². The summed E-state index contributed by atoms with van der Waals surface area (Å²) in [6.45, 7) is 3.35. The third-order valence-electron chi connectivity index (χ3n) is 5.28. The van der Waals surface area contributed by atoms with E-state index in [-0.39, 0.29) is 10.8 Å². The van der Waals surface area contributed by atoms with Crippen molar-refractivity contribution in [3.63, 3.8) is 0 Å². The van der Waals surface area contributed by atoms with Gasteiger partial charge in [-0.05, 0) is 43.5 Å². The maximum atomic E-state index is 12.4. The van der Waals surface area contributed by atoms with Crippen LogP contribution in [0.3, 0.4) is 0 Å². The molecular weight excluding hydrogens is 412 g/mol. The molecule has 0 spiro atoms. The fraction of sp³-hybridized carbons (Fsp3) is 0.391. The van der Waals surface area contributed by atoms with E-state index in [1.165, 1.54) is 24.0 Å². The van der Waals surface area contributed by atoms with Crippen LogP contribution in [0.25, 0.3) is 11.0 Å². The Morgan fingerprint density at radius 1 is 1.10 bits per heavy atom. The van der Waals surface area contributed by atoms with Gasteiger partial charge in [-0.1, -0.05) is 30.3 Å². The first kappa shape index (κ1) is 23.0. The van der Waals surface area contributed by atoms with Gasteiger partial charge in [0.2, 0.25) is 15.9 Å². The van der Waals surface area contributed by atoms with Crippen molar-refractivity contribution >= 4 is 27.0 Å². The van der Waals surface area contributed by atoms with Crippen LogP contribution >= 0.6 is 0 Å². The number of carbonyl (C=O) groups excluding carboxylic acids is 1. The molecule has 7 nitrogen and oxygen atoms in total. The van der Waals surface area contributed by atoms with Crippen LogP contribution in [0, 0.1) is 0 Å². The second-order valence-electron chi connectivity index (χ2n) is 7.65. The highest BCUT2D eigenvalue weighted by atomic mass is 32.2. The molecule has 1 N–H and O–H groups in total. The molecule has 0 saturated heterocycles. The van der Waals surface area contributed by atoms with Gasteiger partial charge < -0.3 is 9.88 Å². The Hall–Kier alpha value is -2.71. The fourth-order valence-electron chi connectivity index (χ4n) is 3.55. The number of aryl methyl sites for hydroxylation is 3. The van der Waals surface area contributed by atoms with Gasteiger partial charge in [-0.15, -0.1) is 0 Å². The average molecular weight is 443 g/mol. The predicted molar refractivity (Wildman–Crippen MR) is 122 cm³/mol. The van der Waals surface area contributed by atoms with Crippen LogP contribution in [-0.4, -0.2) is 48.8 Å². The van der Waals surface area contributed by atoms with Crippen molar-refractivity contribution in [1.82, 2.24) is 19.2 Å². The third kappa shape index (κ3) is 5.51. The molecule has 0 aliphatic heterocycles. The molecular formula is C23H30N4O3S. The molecule has 0 radical (unpaired) electrons. The van der Waals surface area contributed by atoms with Crippen LogP contribution in [-0.2, 0) is 34.2 Å². The summed E-state index contributed by atoms with van der Waals surface area (Å²) in [7, 11) is -0.501. The second-order valence-corrected chi connectivity index (χ2v) is 9.80. The zero-order valence-corrected chi connectivity index (χ0v) is 19.2. The normalized spacial score (nSPS) is 11.9. The van der Waals surface area contributed by atoms with Gasteiger partial charge in [0.1, 0.15) is 5.82 Å². The summed E-state index contributed by atoms with van der Waals surface area (Å²) >= 11 is 0. The van der Waals surface area contributed by atoms with Crippen LogP contribution in [0.4, 0.5) is 0 Å². The maximum absolute atomic E-state index is 12.4. The number of rotatable bonds is 10. The van der Waals surface area contributed by atoms with Gasteiger partial charge in [0, 0.05) is 40.0 Å². The molecule has 166 valence electrons. The lowest BCUT2D eigenvalue weighted by molar-refractivity contribution is -0.121. The van der Waals surface area contributed by atoms with Crippen molar-refractivity contribution in [1.29, 1.82) is 0 Å². The Balaban J connectivity index is 1.61. The summed E-state index contributed by atoms with van der Waals surface area (Å²) in [6.07, 6.45) is 2.68. The molecule has 3 rings (SSSR count). The summed E-state index contributed by atoms with van der Waals surface area (Å²) in [5, 5.41) is 2.98. The smallest absolute Gasteiger partial charge is 0.242 e. The molecule has 0 atom stereocenters. The SMILES string of the molecule is CCn1c(CCC(=O)NCCCc2ccccc2)nc2cc(S(=O)(=O)N(C)C)ccc21. The average Bonchev–Trinajstić information content (AvgIpc) is 3.12. The lowest BCUT2D eigenvalue weighted by Gasteiger charge is -2.11. The molecule has 2 aromatic carbocycles. The number of carbonyl (C=O) groups is 1. The van der Waals surface area contributed by atoms with Crippen molar-refractivity contribution in [2.75, 3.05) is 20.6 Å². The number of aromatic nitrogens is 2. The molecule has 0 aliphatic carbocycles. The highest BCUT2D eigenvalue weighted by Crippen LogP contribution is 2.22. The first-order valence-electron chi connectivity index (χ1n) is 10.5. The van der Waals surface area contributed by atoms with Gasteiger partial charge in [-0.2, -0.15) is 0 Å². The zero-order valence-electron chi connectivity index (χ0n) is 18.3. The van der Waals surface area contributed by atoms with Gasteiger partial charge in [0.25, 0.3) is 0 Å². The van der Waals surface area contributed by atoms with Crippen LogP contribution < -0.4 is 5.32 Å². The first-order valence-corrected chi connectivity index (χ1v) is 12.0. The number of fused-ring (bicyclic) bond motifs is 1. The van der Waals surface area contributed by atoms with Crippen LogP contribution in [0.5, 0.6) is 0 Å². The lowest BCUT2D eigenvalue weighted by atomic mass is 10.1. The fourth-order valence-corrected chi connectivity index (χ4v) is 4.48. The van der Waals surface area contributed by atoms with Gasteiger partial charge >= 0.3 is 0 Å². The quantitative estimate of drug-likeness (QED) is 0.489. The Kier molecular flexibility index (Phi) is 7.46. The molecule has 0 fully saturated rings. The molecule has 31 heavy (non-hydrogen) atoms. The van der Waals surface area contributed by atoms with E-state index >= 15 is 0 Å². The number of nitrogens with one attached hydrogen (secondary N) is 1. The van der Waals surface area contributed by atoms with Crippen molar-refractivity contribution in [2.24, 2.45) is 0 Å². The molecule has 3 aromatic rings. The summed E-state index contributed by atoms with van der Waals surface area (Å²) in [5.41, 5.74) is 2.77. The maximum Gasteiger partial charge on any atom is 0.242 e. The zero-order chi connectivity index (χ0) is 22.4. The topological polar surface area (TPSA) is 84.3 Å². The van der Waals surface area contributed by atoms with Crippen LogP contribution in [0.1, 0.15) is 31.2 Å². The Morgan fingerprint density at radius 3 is 2.52 bits per heavy atom. The molecule has 1 aromatic heterocycles. The van der Waals surface area contributed by atoms with E-state index in [1.54, 1.807) is 18.2 Å². The van der Waals surface area contributed by atoms with Gasteiger partial charge in [-0.25, -0.2) is 17.7 Å². The van der Waals surface area contributed by atoms with E-state index in [2.05, 4.69) is 22.4 Å². The van der Waals surface area contributed by atoms with E-state index < -0.39 is 10.0 Å². The second kappa shape index (κ2) is 10.1. The minimum absolute atomic E-state index is 0.00125. The highest BCUT2D eigenvalue weighted by Gasteiger charge is 2.19. The predicted octanol–water partition coefficient (Wildman–Crippen LogP) is 2.99. The number of sulfonamides is 1. The Bertz CT molecular complexity index is 1140. The van der Waals surface area contributed by atoms with Crippen LogP contribution in [0.2, 0.25) is 0 Å². The van der Waals surface area contributed by atoms with Gasteiger partial charge in [0.05, 0.1) is 15.9 Å². The number of nitrogens with zero attached hydrogens (tertiary/aromatic N) is 3. The van der Waals surface area contributed by atoms with Crippen molar-refractivity contribution in [2.45, 2.75) is 44.0 Å². The summed E-state index contributed by atoms with van der Waals surface area (Å²) in [4.78, 5) is 17.1. The summed E-state index contributed by atoms with van der Waals surface area (Å²) in [5.74, 6) is 0.787. The summed E-state index contributed by atoms with van der Waals surface area (Å²) in [6, 6.07) is 15.2. The molecule has 0 unspecified atom stereocenters. The van der Waals surface area contributed by atoms with E-state index in [4.69, 9.17) is 0 Å². The van der Waals surface area contributed by atoms with Crippen LogP contribution in [0.15, 0.2) is 53.4 Å². The van der Waals surface area contributed by atoms with Gasteiger partial charge in [0.15, 0.2) is 0 Å². The van der Waals surface area contributed by atoms with E-state index in [1.807, 2.05) is 29.7 Å². The highest BCUT2D eigenvalue weighted by molar-refractivity contribution is 7.89. The standard InChI is InChI=1S/C23H30N4O3S/c1-4-27-21-13-12-19(31(29,30)26(2)3)17-20(21)25-22(27)14-15-23(28)24-16-8-11-18-9-6-5-7-10-18/h5-7,9-10,12-13,17H,4,8,11,14-16H2,1-3H3,(H,24,28). The van der Waals surface area contributed by atoms with Crippen molar-refractivity contribution in [3.05, 3.63) is 59.9 Å². The minimum Gasteiger partial charge on any atom is -0.356 e. The molecule has 0 saturated carbocycles. The van der Waals surface area contributed by atoms with E-state index in [9.17, 15) is 13.2 Å². The molecule has 1 amide bonds. The Labute approximate surface area is 184 Å². The van der Waals surface area contributed by atoms with Gasteiger partial charge in [-0.3, -0.25) is 4.79 Å². The largest absolute Gasteiger partial charge is 0.356 e. The Morgan fingerprint density at radius 2 is 1.84 bits per heavy atom. The number of benzene rings is 2. The summed E-state index contributed by atoms with van der Waals surface area (Å²) < 4.78 is 28.0. The number of imidazole rings is 1.